The van der Waals surface area contributed by atoms with E-state index >= 15 is 0 Å². The van der Waals surface area contributed by atoms with Crippen LogP contribution in [0.25, 0.3) is 0 Å². The number of hydrogen-bond donors (Lipinski definition) is 0. The van der Waals surface area contributed by atoms with Gasteiger partial charge in [0.25, 0.3) is 8.32 Å². The fourth-order valence-electron chi connectivity index (χ4n) is 5.02. The van der Waals surface area contributed by atoms with Crippen LogP contribution in [-0.4, -0.2) is 21.2 Å². The lowest BCUT2D eigenvalue weighted by molar-refractivity contribution is -0.104. The second-order valence-corrected chi connectivity index (χ2v) is 14.5. The number of rotatable bonds is 13. The van der Waals surface area contributed by atoms with Gasteiger partial charge in [-0.05, 0) is 64.7 Å². The van der Waals surface area contributed by atoms with E-state index in [9.17, 15) is 4.79 Å². The van der Waals surface area contributed by atoms with Crippen molar-refractivity contribution in [2.24, 2.45) is 0 Å². The lowest BCUT2D eigenvalue weighted by Gasteiger charge is -2.43. The standard InChI is InChI=1S/C32H40O2Si/c1-32(2,3)35(30-22-10-4-11-23-30,31-24-12-5-13-25-31)34-27-17-7-9-19-29-21-15-14-20-28(29)18-8-6-16-26-33/h4-6,10-16,20-26H,7-9,17-19,27H2,1-3H3. The van der Waals surface area contributed by atoms with Gasteiger partial charge in [0.2, 0.25) is 0 Å². The summed E-state index contributed by atoms with van der Waals surface area (Å²) in [4.78, 5) is 10.5. The summed E-state index contributed by atoms with van der Waals surface area (Å²) >= 11 is 0. The second kappa shape index (κ2) is 13.4. The first-order valence-corrected chi connectivity index (χ1v) is 14.8. The van der Waals surface area contributed by atoms with Crippen molar-refractivity contribution in [3.8, 4) is 0 Å². The van der Waals surface area contributed by atoms with E-state index in [2.05, 4.69) is 106 Å². The van der Waals surface area contributed by atoms with Gasteiger partial charge in [0, 0.05) is 6.61 Å². The van der Waals surface area contributed by atoms with Gasteiger partial charge in [0.05, 0.1) is 0 Å². The van der Waals surface area contributed by atoms with Gasteiger partial charge in [-0.1, -0.05) is 118 Å². The molecular weight excluding hydrogens is 444 g/mol. The highest BCUT2D eigenvalue weighted by atomic mass is 28.4. The van der Waals surface area contributed by atoms with Gasteiger partial charge in [-0.15, -0.1) is 0 Å². The second-order valence-electron chi connectivity index (χ2n) is 10.2. The molecule has 0 aliphatic heterocycles. The highest BCUT2D eigenvalue weighted by Crippen LogP contribution is 2.36. The normalized spacial score (nSPS) is 12.2. The van der Waals surface area contributed by atoms with E-state index in [-0.39, 0.29) is 5.04 Å². The molecule has 0 atom stereocenters. The van der Waals surface area contributed by atoms with E-state index in [1.54, 1.807) is 6.08 Å². The van der Waals surface area contributed by atoms with Crippen LogP contribution in [-0.2, 0) is 22.1 Å². The Morgan fingerprint density at radius 1 is 0.714 bits per heavy atom. The maximum atomic E-state index is 10.5. The Kier molecular flexibility index (Phi) is 10.3. The minimum absolute atomic E-state index is 0.0208. The summed E-state index contributed by atoms with van der Waals surface area (Å²) in [6.07, 6.45) is 10.7. The maximum Gasteiger partial charge on any atom is 0.261 e. The molecule has 0 radical (unpaired) electrons. The minimum Gasteiger partial charge on any atom is -0.407 e. The summed E-state index contributed by atoms with van der Waals surface area (Å²) in [5.74, 6) is 0. The topological polar surface area (TPSA) is 26.3 Å². The van der Waals surface area contributed by atoms with E-state index in [4.69, 9.17) is 4.43 Å². The first-order valence-electron chi connectivity index (χ1n) is 12.9. The molecule has 0 fully saturated rings. The maximum absolute atomic E-state index is 10.5. The smallest absolute Gasteiger partial charge is 0.261 e. The van der Waals surface area contributed by atoms with E-state index < -0.39 is 8.32 Å². The third-order valence-electron chi connectivity index (χ3n) is 6.74. The Balaban J connectivity index is 1.63. The van der Waals surface area contributed by atoms with Gasteiger partial charge in [0.15, 0.2) is 0 Å². The van der Waals surface area contributed by atoms with E-state index in [0.717, 1.165) is 51.4 Å². The van der Waals surface area contributed by atoms with Crippen LogP contribution in [0.1, 0.15) is 57.6 Å². The molecule has 0 saturated heterocycles. The van der Waals surface area contributed by atoms with Crippen molar-refractivity contribution in [3.63, 3.8) is 0 Å². The van der Waals surface area contributed by atoms with Crippen LogP contribution in [0.4, 0.5) is 0 Å². The molecule has 0 aliphatic rings. The molecule has 2 nitrogen and oxygen atoms in total. The average molecular weight is 485 g/mol. The zero-order chi connectivity index (χ0) is 25.0. The quantitative estimate of drug-likeness (QED) is 0.117. The minimum atomic E-state index is -2.44. The monoisotopic (exact) mass is 484 g/mol. The van der Waals surface area contributed by atoms with Crippen molar-refractivity contribution >= 4 is 25.0 Å². The number of benzene rings is 3. The van der Waals surface area contributed by atoms with Gasteiger partial charge < -0.3 is 4.43 Å². The molecule has 0 bridgehead atoms. The van der Waals surface area contributed by atoms with Gasteiger partial charge in [-0.25, -0.2) is 0 Å². The Morgan fingerprint density at radius 3 is 1.80 bits per heavy atom. The van der Waals surface area contributed by atoms with Crippen LogP contribution in [0.3, 0.4) is 0 Å². The molecule has 35 heavy (non-hydrogen) atoms. The molecule has 3 aromatic rings. The van der Waals surface area contributed by atoms with Gasteiger partial charge in [0.1, 0.15) is 6.29 Å². The first-order chi connectivity index (χ1) is 17.0. The summed E-state index contributed by atoms with van der Waals surface area (Å²) in [6, 6.07) is 30.5. The van der Waals surface area contributed by atoms with Crippen LogP contribution < -0.4 is 10.4 Å². The van der Waals surface area contributed by atoms with E-state index in [1.807, 2.05) is 6.08 Å². The Labute approximate surface area is 213 Å². The van der Waals surface area contributed by atoms with Gasteiger partial charge in [-0.2, -0.15) is 0 Å². The zero-order valence-electron chi connectivity index (χ0n) is 21.6. The lowest BCUT2D eigenvalue weighted by atomic mass is 9.98. The van der Waals surface area contributed by atoms with E-state index in [0.29, 0.717) is 0 Å². The zero-order valence-corrected chi connectivity index (χ0v) is 22.6. The van der Waals surface area contributed by atoms with Crippen molar-refractivity contribution in [3.05, 3.63) is 108 Å². The molecule has 3 aromatic carbocycles. The summed E-state index contributed by atoms with van der Waals surface area (Å²) in [6.45, 7) is 7.78. The first kappa shape index (κ1) is 26.8. The molecule has 0 heterocycles. The molecule has 0 spiro atoms. The van der Waals surface area contributed by atoms with Crippen LogP contribution in [0.15, 0.2) is 97.1 Å². The highest BCUT2D eigenvalue weighted by molar-refractivity contribution is 6.99. The molecule has 3 rings (SSSR count). The summed E-state index contributed by atoms with van der Waals surface area (Å²) < 4.78 is 7.02. The van der Waals surface area contributed by atoms with Crippen molar-refractivity contribution in [1.82, 2.24) is 0 Å². The van der Waals surface area contributed by atoms with Crippen molar-refractivity contribution in [2.75, 3.05) is 6.61 Å². The number of hydrogen-bond acceptors (Lipinski definition) is 2. The van der Waals surface area contributed by atoms with Gasteiger partial charge in [-0.3, -0.25) is 4.79 Å². The predicted octanol–water partition coefficient (Wildman–Crippen LogP) is 6.66. The number of carbonyl (C=O) groups is 1. The Bertz CT molecular complexity index is 1010. The van der Waals surface area contributed by atoms with Crippen molar-refractivity contribution in [1.29, 1.82) is 0 Å². The molecular formula is C32H40O2Si. The summed E-state index contributed by atoms with van der Waals surface area (Å²) in [5, 5.41) is 2.71. The number of aldehydes is 1. The van der Waals surface area contributed by atoms with Crippen LogP contribution in [0.2, 0.25) is 5.04 Å². The molecule has 0 saturated carbocycles. The number of unbranched alkanes of at least 4 members (excludes halogenated alkanes) is 2. The van der Waals surface area contributed by atoms with Crippen molar-refractivity contribution < 1.29 is 9.22 Å². The molecule has 0 amide bonds. The van der Waals surface area contributed by atoms with Crippen LogP contribution in [0, 0.1) is 0 Å². The number of allylic oxidation sites excluding steroid dienone is 2. The number of carbonyl (C=O) groups excluding carboxylic acids is 1. The average Bonchev–Trinajstić information content (AvgIpc) is 2.87. The molecule has 0 aliphatic carbocycles. The molecule has 184 valence electrons. The van der Waals surface area contributed by atoms with Crippen LogP contribution in [0.5, 0.6) is 0 Å². The molecule has 0 N–H and O–H groups in total. The largest absolute Gasteiger partial charge is 0.407 e. The van der Waals surface area contributed by atoms with Gasteiger partial charge >= 0.3 is 0 Å². The Morgan fingerprint density at radius 2 is 1.26 bits per heavy atom. The molecule has 0 unspecified atom stereocenters. The third kappa shape index (κ3) is 7.13. The SMILES string of the molecule is CC(C)(C)[Si](OCCCCCc1ccccc1CCC=CC=O)(c1ccccc1)c1ccccc1. The fourth-order valence-corrected chi connectivity index (χ4v) is 9.62. The Hall–Kier alpha value is -2.75. The molecule has 0 aromatic heterocycles. The van der Waals surface area contributed by atoms with E-state index in [1.165, 1.54) is 21.5 Å². The third-order valence-corrected chi connectivity index (χ3v) is 11.8. The molecule has 3 heteroatoms. The lowest BCUT2D eigenvalue weighted by Crippen LogP contribution is -2.66. The summed E-state index contributed by atoms with van der Waals surface area (Å²) in [5.41, 5.74) is 2.83. The predicted molar refractivity (Wildman–Crippen MR) is 151 cm³/mol. The van der Waals surface area contributed by atoms with Crippen LogP contribution >= 0.6 is 0 Å². The van der Waals surface area contributed by atoms with Crippen molar-refractivity contribution in [2.45, 2.75) is 64.3 Å². The summed E-state index contributed by atoms with van der Waals surface area (Å²) in [7, 11) is -2.44. The highest BCUT2D eigenvalue weighted by Gasteiger charge is 2.49. The number of aryl methyl sites for hydroxylation is 2. The fraction of sp³-hybridized carbons (Fsp3) is 0.344.